The molecule has 0 unspecified atom stereocenters. The third kappa shape index (κ3) is 6.10. The van der Waals surface area contributed by atoms with Crippen molar-refractivity contribution in [2.45, 2.75) is 38.1 Å². The molecule has 0 spiro atoms. The monoisotopic (exact) mass is 543 g/mol. The fourth-order valence-corrected chi connectivity index (χ4v) is 5.81. The number of nitrogens with zero attached hydrogens (tertiary/aromatic N) is 1. The predicted molar refractivity (Wildman–Crippen MR) is 155 cm³/mol. The maximum Gasteiger partial charge on any atom is 0.305 e. The van der Waals surface area contributed by atoms with Gasteiger partial charge in [-0.25, -0.2) is 4.39 Å². The summed E-state index contributed by atoms with van der Waals surface area (Å²) in [4.78, 5) is 13.9. The zero-order valence-corrected chi connectivity index (χ0v) is 22.8. The molecule has 1 N–H and O–H groups in total. The lowest BCUT2D eigenvalue weighted by atomic mass is 9.95. The second-order valence-corrected chi connectivity index (χ2v) is 10.7. The van der Waals surface area contributed by atoms with Gasteiger partial charge < -0.3 is 14.7 Å². The number of carboxylic acids is 1. The van der Waals surface area contributed by atoms with E-state index in [9.17, 15) is 14.3 Å². The molecule has 4 aromatic carbocycles. The molecular formula is C33H31ClFNO3. The fraction of sp³-hybridized carbons (Fsp3) is 0.242. The van der Waals surface area contributed by atoms with E-state index in [2.05, 4.69) is 35.2 Å². The highest BCUT2D eigenvalue weighted by Gasteiger charge is 2.34. The Morgan fingerprint density at radius 3 is 2.62 bits per heavy atom. The summed E-state index contributed by atoms with van der Waals surface area (Å²) >= 11 is 6.24. The van der Waals surface area contributed by atoms with E-state index in [1.165, 1.54) is 6.07 Å². The fourth-order valence-electron chi connectivity index (χ4n) is 5.61. The van der Waals surface area contributed by atoms with Crippen molar-refractivity contribution in [3.63, 3.8) is 0 Å². The lowest BCUT2D eigenvalue weighted by Gasteiger charge is -2.26. The summed E-state index contributed by atoms with van der Waals surface area (Å²) in [5, 5.41) is 10.3. The van der Waals surface area contributed by atoms with Gasteiger partial charge in [-0.3, -0.25) is 4.79 Å². The number of methoxy groups -OCH3 is 1. The van der Waals surface area contributed by atoms with Crippen LogP contribution < -0.4 is 9.64 Å². The number of anilines is 1. The van der Waals surface area contributed by atoms with Crippen LogP contribution in [-0.4, -0.2) is 30.8 Å². The van der Waals surface area contributed by atoms with E-state index in [1.807, 2.05) is 43.3 Å². The number of aliphatic carboxylic acids is 1. The molecule has 2 atom stereocenters. The minimum atomic E-state index is -0.795. The number of hydrogen-bond acceptors (Lipinski definition) is 3. The first-order valence-corrected chi connectivity index (χ1v) is 13.4. The largest absolute Gasteiger partial charge is 0.497 e. The summed E-state index contributed by atoms with van der Waals surface area (Å²) < 4.78 is 19.8. The highest BCUT2D eigenvalue weighted by atomic mass is 35.5. The third-order valence-corrected chi connectivity index (χ3v) is 7.84. The van der Waals surface area contributed by atoms with E-state index >= 15 is 0 Å². The number of hydrogen-bond donors (Lipinski definition) is 1. The lowest BCUT2D eigenvalue weighted by molar-refractivity contribution is -0.137. The van der Waals surface area contributed by atoms with Crippen molar-refractivity contribution in [2.24, 2.45) is 0 Å². The third-order valence-electron chi connectivity index (χ3n) is 7.61. The van der Waals surface area contributed by atoms with Crippen LogP contribution in [-0.2, 0) is 11.2 Å². The minimum absolute atomic E-state index is 0.0860. The van der Waals surface area contributed by atoms with Crippen molar-refractivity contribution >= 4 is 23.3 Å². The van der Waals surface area contributed by atoms with Crippen LogP contribution in [0.25, 0.3) is 11.1 Å². The molecule has 39 heavy (non-hydrogen) atoms. The number of benzene rings is 4. The van der Waals surface area contributed by atoms with Crippen LogP contribution >= 0.6 is 11.6 Å². The second kappa shape index (κ2) is 11.5. The maximum absolute atomic E-state index is 14.5. The Balaban J connectivity index is 1.38. The number of ether oxygens (including phenoxy) is 1. The Hall–Kier alpha value is -3.83. The number of rotatable bonds is 8. The first kappa shape index (κ1) is 26.8. The Kier molecular flexibility index (Phi) is 7.89. The van der Waals surface area contributed by atoms with Crippen molar-refractivity contribution in [1.82, 2.24) is 0 Å². The summed E-state index contributed by atoms with van der Waals surface area (Å²) in [6.07, 6.45) is 1.57. The minimum Gasteiger partial charge on any atom is -0.497 e. The quantitative estimate of drug-likeness (QED) is 0.245. The zero-order valence-electron chi connectivity index (χ0n) is 22.0. The maximum atomic E-state index is 14.5. The van der Waals surface area contributed by atoms with E-state index in [-0.39, 0.29) is 24.2 Å². The lowest BCUT2D eigenvalue weighted by Crippen LogP contribution is -2.31. The first-order valence-electron chi connectivity index (χ1n) is 13.1. The zero-order chi connectivity index (χ0) is 27.5. The average molecular weight is 544 g/mol. The van der Waals surface area contributed by atoms with Crippen LogP contribution in [0.4, 0.5) is 10.1 Å². The van der Waals surface area contributed by atoms with E-state index in [0.29, 0.717) is 16.3 Å². The Morgan fingerprint density at radius 2 is 1.87 bits per heavy atom. The smallest absolute Gasteiger partial charge is 0.305 e. The van der Waals surface area contributed by atoms with Gasteiger partial charge in [-0.15, -0.1) is 0 Å². The van der Waals surface area contributed by atoms with Crippen LogP contribution in [0.2, 0.25) is 5.02 Å². The molecular weight excluding hydrogens is 513 g/mol. The van der Waals surface area contributed by atoms with Gasteiger partial charge in [-0.2, -0.15) is 0 Å². The van der Waals surface area contributed by atoms with Gasteiger partial charge in [0.2, 0.25) is 0 Å². The molecule has 0 amide bonds. The summed E-state index contributed by atoms with van der Waals surface area (Å²) in [6.45, 7) is 2.78. The van der Waals surface area contributed by atoms with Gasteiger partial charge in [0.05, 0.1) is 13.5 Å². The number of carboxylic acid groups (broad SMARTS) is 1. The van der Waals surface area contributed by atoms with Gasteiger partial charge in [0.25, 0.3) is 0 Å². The normalized spacial score (nSPS) is 16.9. The van der Waals surface area contributed by atoms with Crippen molar-refractivity contribution in [3.05, 3.63) is 118 Å². The molecule has 0 radical (unpaired) electrons. The molecule has 1 aliphatic rings. The van der Waals surface area contributed by atoms with E-state index in [1.54, 1.807) is 19.2 Å². The first-order chi connectivity index (χ1) is 18.8. The van der Waals surface area contributed by atoms with Crippen LogP contribution in [0.3, 0.4) is 0 Å². The molecule has 1 aliphatic heterocycles. The SMILES string of the molecule is COc1ccc(F)c(-c2ccc(Cc3cccc(N4C[C@H](c5cccc(Cl)c5)C[C@@H]4CC(=O)O)c3)c(C)c2)c1. The molecule has 4 nitrogen and oxygen atoms in total. The van der Waals surface area contributed by atoms with Gasteiger partial charge in [0.1, 0.15) is 11.6 Å². The second-order valence-electron chi connectivity index (χ2n) is 10.2. The molecule has 6 heteroatoms. The summed E-state index contributed by atoms with van der Waals surface area (Å²) in [5.74, 6) is -0.251. The number of aryl methyl sites for hydroxylation is 1. The van der Waals surface area contributed by atoms with Gasteiger partial charge in [0.15, 0.2) is 0 Å². The van der Waals surface area contributed by atoms with Crippen LogP contribution in [0, 0.1) is 12.7 Å². The molecule has 0 aromatic heterocycles. The van der Waals surface area contributed by atoms with E-state index in [4.69, 9.17) is 16.3 Å². The predicted octanol–water partition coefficient (Wildman–Crippen LogP) is 7.89. The van der Waals surface area contributed by atoms with Crippen molar-refractivity contribution < 1.29 is 19.0 Å². The van der Waals surface area contributed by atoms with Crippen LogP contribution in [0.1, 0.15) is 41.0 Å². The summed E-state index contributed by atoms with van der Waals surface area (Å²) in [7, 11) is 1.57. The molecule has 4 aromatic rings. The summed E-state index contributed by atoms with van der Waals surface area (Å²) in [6, 6.07) is 26.9. The molecule has 1 fully saturated rings. The highest BCUT2D eigenvalue weighted by Crippen LogP contribution is 2.38. The van der Waals surface area contributed by atoms with Crippen molar-refractivity contribution in [1.29, 1.82) is 0 Å². The number of carbonyl (C=O) groups is 1. The topological polar surface area (TPSA) is 49.8 Å². The van der Waals surface area contributed by atoms with Crippen LogP contribution in [0.15, 0.2) is 84.9 Å². The average Bonchev–Trinajstić information content (AvgIpc) is 3.33. The van der Waals surface area contributed by atoms with E-state index in [0.717, 1.165) is 52.9 Å². The number of halogens is 2. The molecule has 200 valence electrons. The molecule has 0 saturated carbocycles. The van der Waals surface area contributed by atoms with Gasteiger partial charge in [-0.05, 0) is 90.0 Å². The van der Waals surface area contributed by atoms with Gasteiger partial charge in [0, 0.05) is 34.8 Å². The van der Waals surface area contributed by atoms with Gasteiger partial charge >= 0.3 is 5.97 Å². The molecule has 1 saturated heterocycles. The highest BCUT2D eigenvalue weighted by molar-refractivity contribution is 6.30. The Labute approximate surface area is 233 Å². The molecule has 0 bridgehead atoms. The van der Waals surface area contributed by atoms with Crippen LogP contribution in [0.5, 0.6) is 5.75 Å². The molecule has 1 heterocycles. The molecule has 0 aliphatic carbocycles. The Morgan fingerprint density at radius 1 is 1.05 bits per heavy atom. The standard InChI is InChI=1S/C33H31ClFNO3/c1-21-13-25(31-19-30(39-2)11-12-32(31)35)10-9-23(21)14-22-5-3-8-28(15-22)36-20-26(17-29(36)18-33(37)38)24-6-4-7-27(34)16-24/h3-13,15-16,19,26,29H,14,17-18,20H2,1-2H3,(H,37,38)/t26-,29-/m1/s1. The van der Waals surface area contributed by atoms with Gasteiger partial charge in [-0.1, -0.05) is 54.1 Å². The van der Waals surface area contributed by atoms with Crippen molar-refractivity contribution in [2.75, 3.05) is 18.6 Å². The Bertz CT molecular complexity index is 1500. The van der Waals surface area contributed by atoms with Crippen molar-refractivity contribution in [3.8, 4) is 16.9 Å². The van der Waals surface area contributed by atoms with E-state index < -0.39 is 5.97 Å². The summed E-state index contributed by atoms with van der Waals surface area (Å²) in [5.41, 5.74) is 6.85. The molecule has 5 rings (SSSR count).